The van der Waals surface area contributed by atoms with Crippen molar-refractivity contribution in [3.8, 4) is 11.5 Å². The van der Waals surface area contributed by atoms with E-state index in [1.807, 2.05) is 42.3 Å². The van der Waals surface area contributed by atoms with Gasteiger partial charge in [-0.1, -0.05) is 24.3 Å². The average molecular weight is 501 g/mol. The second kappa shape index (κ2) is 7.29. The lowest BCUT2D eigenvalue weighted by atomic mass is 9.40. The molecule has 6 nitrogen and oxygen atoms in total. The van der Waals surface area contributed by atoms with Gasteiger partial charge in [0.15, 0.2) is 11.5 Å². The molecule has 2 heterocycles. The number of phenols is 1. The van der Waals surface area contributed by atoms with E-state index >= 15 is 0 Å². The van der Waals surface area contributed by atoms with E-state index in [-0.39, 0.29) is 35.3 Å². The molecule has 6 atom stereocenters. The highest BCUT2D eigenvalue weighted by Crippen LogP contribution is 2.72. The molecular formula is C31H36N2O4. The highest BCUT2D eigenvalue weighted by atomic mass is 16.5. The molecule has 6 heteroatoms. The van der Waals surface area contributed by atoms with Gasteiger partial charge in [-0.15, -0.1) is 0 Å². The van der Waals surface area contributed by atoms with Gasteiger partial charge in [0.1, 0.15) is 6.10 Å². The van der Waals surface area contributed by atoms with Crippen molar-refractivity contribution in [1.82, 2.24) is 9.80 Å². The topological polar surface area (TPSA) is 73.2 Å². The maximum atomic E-state index is 13.5. The van der Waals surface area contributed by atoms with E-state index in [9.17, 15) is 15.0 Å². The van der Waals surface area contributed by atoms with Crippen molar-refractivity contribution in [2.75, 3.05) is 20.1 Å². The lowest BCUT2D eigenvalue weighted by Gasteiger charge is -2.70. The standard InChI is InChI=1S/C31H36N2O4/c1-32(27(35)20-5-3-2-4-6-20)23-11-12-29(23)13-14-31(36)24-17-21-9-10-22(34)26-25(21)30(31,28(29)37-26)15-16-33(24)18-19-7-8-19/h2-6,9-10,19,23-24,28,34,36H,7-8,11-18H2,1H3/t23-,24-,28+,29+,30+,31-/m1/s1. The van der Waals surface area contributed by atoms with Gasteiger partial charge in [0.25, 0.3) is 5.91 Å². The second-order valence-corrected chi connectivity index (χ2v) is 12.8. The Labute approximate surface area is 218 Å². The lowest BCUT2D eigenvalue weighted by molar-refractivity contribution is -0.242. The van der Waals surface area contributed by atoms with Crippen LogP contribution in [0.5, 0.6) is 11.5 Å². The second-order valence-electron chi connectivity index (χ2n) is 12.8. The maximum Gasteiger partial charge on any atom is 0.253 e. The molecular weight excluding hydrogens is 464 g/mol. The van der Waals surface area contributed by atoms with Crippen LogP contribution in [0.3, 0.4) is 0 Å². The first-order valence-corrected chi connectivity index (χ1v) is 14.2. The van der Waals surface area contributed by atoms with Gasteiger partial charge in [-0.05, 0) is 87.6 Å². The molecule has 2 aromatic rings. The number of aromatic hydroxyl groups is 1. The fraction of sp³-hybridized carbons (Fsp3) is 0.581. The zero-order valence-corrected chi connectivity index (χ0v) is 21.5. The molecule has 0 radical (unpaired) electrons. The number of amides is 1. The number of hydrogen-bond acceptors (Lipinski definition) is 5. The summed E-state index contributed by atoms with van der Waals surface area (Å²) in [7, 11) is 1.94. The van der Waals surface area contributed by atoms with Gasteiger partial charge in [-0.25, -0.2) is 0 Å². The number of fused-ring (bicyclic) bond motifs is 1. The monoisotopic (exact) mass is 500 g/mol. The number of piperidine rings is 1. The summed E-state index contributed by atoms with van der Waals surface area (Å²) in [5, 5.41) is 23.7. The Bertz CT molecular complexity index is 1290. The predicted octanol–water partition coefficient (Wildman–Crippen LogP) is 3.88. The molecule has 194 valence electrons. The minimum Gasteiger partial charge on any atom is -0.504 e. The molecule has 0 unspecified atom stereocenters. The zero-order chi connectivity index (χ0) is 25.2. The van der Waals surface area contributed by atoms with Gasteiger partial charge >= 0.3 is 0 Å². The Hall–Kier alpha value is -2.57. The summed E-state index contributed by atoms with van der Waals surface area (Å²) in [6.45, 7) is 2.04. The third kappa shape index (κ3) is 2.66. The van der Waals surface area contributed by atoms with Crippen molar-refractivity contribution in [2.24, 2.45) is 11.3 Å². The Morgan fingerprint density at radius 2 is 1.89 bits per heavy atom. The first-order chi connectivity index (χ1) is 17.9. The van der Waals surface area contributed by atoms with Crippen LogP contribution in [-0.2, 0) is 11.8 Å². The highest BCUT2D eigenvalue weighted by molar-refractivity contribution is 5.94. The third-order valence-corrected chi connectivity index (χ3v) is 11.4. The molecule has 4 aliphatic carbocycles. The van der Waals surface area contributed by atoms with Gasteiger partial charge in [0.2, 0.25) is 0 Å². The van der Waals surface area contributed by atoms with Crippen LogP contribution in [0.1, 0.15) is 66.4 Å². The maximum absolute atomic E-state index is 13.5. The molecule has 2 aromatic carbocycles. The van der Waals surface area contributed by atoms with E-state index in [0.717, 1.165) is 63.1 Å². The fourth-order valence-corrected chi connectivity index (χ4v) is 9.39. The van der Waals surface area contributed by atoms with Gasteiger partial charge in [-0.2, -0.15) is 0 Å². The summed E-state index contributed by atoms with van der Waals surface area (Å²) in [4.78, 5) is 18.0. The molecule has 8 rings (SSSR count). The largest absolute Gasteiger partial charge is 0.504 e. The Morgan fingerprint density at radius 1 is 1.08 bits per heavy atom. The summed E-state index contributed by atoms with van der Waals surface area (Å²) < 4.78 is 6.86. The van der Waals surface area contributed by atoms with Crippen LogP contribution in [0.2, 0.25) is 0 Å². The van der Waals surface area contributed by atoms with E-state index in [4.69, 9.17) is 4.74 Å². The van der Waals surface area contributed by atoms with Crippen molar-refractivity contribution >= 4 is 5.91 Å². The first kappa shape index (κ1) is 22.4. The van der Waals surface area contributed by atoms with Crippen LogP contribution in [0, 0.1) is 11.3 Å². The van der Waals surface area contributed by atoms with Crippen LogP contribution in [0.4, 0.5) is 0 Å². The van der Waals surface area contributed by atoms with Crippen molar-refractivity contribution in [3.05, 3.63) is 59.2 Å². The molecule has 2 spiro atoms. The number of benzene rings is 2. The molecule has 2 bridgehead atoms. The van der Waals surface area contributed by atoms with Crippen LogP contribution in [-0.4, -0.2) is 69.8 Å². The first-order valence-electron chi connectivity index (χ1n) is 14.2. The van der Waals surface area contributed by atoms with Crippen molar-refractivity contribution < 1.29 is 19.7 Å². The molecule has 2 N–H and O–H groups in total. The van der Waals surface area contributed by atoms with Crippen molar-refractivity contribution in [3.63, 3.8) is 0 Å². The smallest absolute Gasteiger partial charge is 0.253 e. The number of carbonyl (C=O) groups is 1. The summed E-state index contributed by atoms with van der Waals surface area (Å²) in [5.41, 5.74) is 1.36. The molecule has 3 saturated carbocycles. The number of likely N-dealkylation sites (tertiary alicyclic amines) is 1. The summed E-state index contributed by atoms with van der Waals surface area (Å²) in [6.07, 6.45) is 7.50. The summed E-state index contributed by atoms with van der Waals surface area (Å²) >= 11 is 0. The van der Waals surface area contributed by atoms with Crippen LogP contribution in [0.15, 0.2) is 42.5 Å². The number of phenolic OH excluding ortho intramolecular Hbond substituents is 1. The fourth-order valence-electron chi connectivity index (χ4n) is 9.39. The summed E-state index contributed by atoms with van der Waals surface area (Å²) in [6, 6.07) is 13.5. The molecule has 37 heavy (non-hydrogen) atoms. The Kier molecular flexibility index (Phi) is 4.42. The van der Waals surface area contributed by atoms with Crippen molar-refractivity contribution in [2.45, 2.75) is 80.6 Å². The predicted molar refractivity (Wildman–Crippen MR) is 139 cm³/mol. The molecule has 2 aliphatic heterocycles. The minimum atomic E-state index is -0.885. The zero-order valence-electron chi connectivity index (χ0n) is 21.5. The Balaban J connectivity index is 1.23. The number of nitrogens with zero attached hydrogens (tertiary/aromatic N) is 2. The van der Waals surface area contributed by atoms with E-state index in [1.165, 1.54) is 18.4 Å². The summed E-state index contributed by atoms with van der Waals surface area (Å²) in [5.74, 6) is 1.60. The van der Waals surface area contributed by atoms with Crippen LogP contribution >= 0.6 is 0 Å². The van der Waals surface area contributed by atoms with Crippen LogP contribution in [0.25, 0.3) is 0 Å². The van der Waals surface area contributed by atoms with Crippen molar-refractivity contribution in [1.29, 1.82) is 0 Å². The molecule has 6 aliphatic rings. The number of rotatable bonds is 4. The quantitative estimate of drug-likeness (QED) is 0.667. The molecule has 4 fully saturated rings. The van der Waals surface area contributed by atoms with Gasteiger partial charge in [0.05, 0.1) is 11.0 Å². The SMILES string of the molecule is CN(C(=O)c1ccccc1)[C@@H]1CC[C@]12CC[C@@]1(O)[C@H]3Cc4ccc(O)c5c4[C@@]1(CCN3CC1CC1)[C@H]2O5. The third-order valence-electron chi connectivity index (χ3n) is 11.4. The van der Waals surface area contributed by atoms with Gasteiger partial charge in [-0.3, -0.25) is 9.69 Å². The normalized spacial score (nSPS) is 39.0. The minimum absolute atomic E-state index is 0.0443. The van der Waals surface area contributed by atoms with E-state index in [2.05, 4.69) is 11.0 Å². The van der Waals surface area contributed by atoms with Gasteiger partial charge < -0.3 is 19.8 Å². The number of aliphatic hydroxyl groups is 1. The molecule has 1 amide bonds. The lowest BCUT2D eigenvalue weighted by Crippen LogP contribution is -2.80. The number of carbonyl (C=O) groups excluding carboxylic acids is 1. The van der Waals surface area contributed by atoms with E-state index < -0.39 is 11.0 Å². The highest BCUT2D eigenvalue weighted by Gasteiger charge is 2.78. The van der Waals surface area contributed by atoms with Crippen LogP contribution < -0.4 is 4.74 Å². The average Bonchev–Trinajstić information content (AvgIpc) is 3.63. The van der Waals surface area contributed by atoms with Gasteiger partial charge in [0, 0.05) is 42.2 Å². The Morgan fingerprint density at radius 3 is 2.62 bits per heavy atom. The van der Waals surface area contributed by atoms with E-state index in [0.29, 0.717) is 11.3 Å². The number of ether oxygens (including phenoxy) is 1. The van der Waals surface area contributed by atoms with E-state index in [1.54, 1.807) is 6.07 Å². The number of hydrogen-bond donors (Lipinski definition) is 2. The molecule has 0 aromatic heterocycles. The molecule has 1 saturated heterocycles.